The third-order valence-corrected chi connectivity index (χ3v) is 6.13. The Hall–Kier alpha value is -4.58. The molecule has 0 aromatic heterocycles. The Kier molecular flexibility index (Phi) is 10.7. The van der Waals surface area contributed by atoms with Gasteiger partial charge in [0.1, 0.15) is 47.6 Å². The number of rotatable bonds is 9. The van der Waals surface area contributed by atoms with Crippen LogP contribution in [-0.4, -0.2) is 25.2 Å². The monoisotopic (exact) mass is 480 g/mol. The van der Waals surface area contributed by atoms with Crippen LogP contribution >= 0.6 is 0 Å². The molecule has 2 atom stereocenters. The summed E-state index contributed by atoms with van der Waals surface area (Å²) in [6.45, 7) is 1.28. The molecule has 0 radical (unpaired) electrons. The third kappa shape index (κ3) is 6.96. The average molecular weight is 481 g/mol. The quantitative estimate of drug-likeness (QED) is 0.278. The first-order valence-electron chi connectivity index (χ1n) is 11.8. The number of allylic oxidation sites excluding steroid dienone is 4. The molecule has 2 aliphatic carbocycles. The predicted octanol–water partition coefficient (Wildman–Crippen LogP) is 2.21. The SMILES string of the molecule is N#CC(C#N)=C1CC(N)CC(NCCCCCCNC2=C(C#N)C(=C(C#N)C#N)CC(N)C2)=C1C#N. The van der Waals surface area contributed by atoms with Crippen molar-refractivity contribution < 1.29 is 0 Å². The Morgan fingerprint density at radius 2 is 0.972 bits per heavy atom. The van der Waals surface area contributed by atoms with Crippen LogP contribution in [0.1, 0.15) is 51.4 Å². The normalized spacial score (nSPS) is 19.1. The maximum absolute atomic E-state index is 9.58. The minimum absolute atomic E-state index is 0.0684. The summed E-state index contributed by atoms with van der Waals surface area (Å²) in [6.07, 6.45) is 5.23. The lowest BCUT2D eigenvalue weighted by atomic mass is 9.86. The number of nitriles is 6. The molecule has 10 nitrogen and oxygen atoms in total. The van der Waals surface area contributed by atoms with Gasteiger partial charge in [-0.2, -0.15) is 31.6 Å². The molecule has 0 aromatic carbocycles. The summed E-state index contributed by atoms with van der Waals surface area (Å²) in [6, 6.07) is 11.2. The molecule has 0 fully saturated rings. The van der Waals surface area contributed by atoms with Gasteiger partial charge in [-0.15, -0.1) is 0 Å². The summed E-state index contributed by atoms with van der Waals surface area (Å²) >= 11 is 0. The van der Waals surface area contributed by atoms with E-state index in [-0.39, 0.29) is 23.2 Å². The summed E-state index contributed by atoms with van der Waals surface area (Å²) in [5.74, 6) is 0. The predicted molar refractivity (Wildman–Crippen MR) is 131 cm³/mol. The van der Waals surface area contributed by atoms with Crippen molar-refractivity contribution in [3.63, 3.8) is 0 Å². The van der Waals surface area contributed by atoms with Gasteiger partial charge >= 0.3 is 0 Å². The van der Waals surface area contributed by atoms with Crippen LogP contribution in [0.25, 0.3) is 0 Å². The zero-order valence-corrected chi connectivity index (χ0v) is 20.1. The molecular formula is C26H28N10. The van der Waals surface area contributed by atoms with Crippen LogP contribution in [0.15, 0.2) is 44.8 Å². The zero-order valence-electron chi connectivity index (χ0n) is 20.1. The van der Waals surface area contributed by atoms with Gasteiger partial charge in [-0.25, -0.2) is 0 Å². The highest BCUT2D eigenvalue weighted by molar-refractivity contribution is 5.58. The van der Waals surface area contributed by atoms with Crippen molar-refractivity contribution in [3.8, 4) is 36.4 Å². The van der Waals surface area contributed by atoms with Crippen LogP contribution in [0, 0.1) is 68.0 Å². The summed E-state index contributed by atoms with van der Waals surface area (Å²) in [7, 11) is 0. The van der Waals surface area contributed by atoms with Gasteiger partial charge in [-0.05, 0) is 25.7 Å². The topological polar surface area (TPSA) is 219 Å². The molecule has 0 saturated carbocycles. The molecule has 2 aliphatic rings. The van der Waals surface area contributed by atoms with Crippen LogP contribution in [0.3, 0.4) is 0 Å². The third-order valence-electron chi connectivity index (χ3n) is 6.13. The van der Waals surface area contributed by atoms with Gasteiger partial charge in [0, 0.05) is 60.6 Å². The van der Waals surface area contributed by atoms with Crippen LogP contribution in [-0.2, 0) is 0 Å². The zero-order chi connectivity index (χ0) is 26.5. The van der Waals surface area contributed by atoms with Crippen molar-refractivity contribution >= 4 is 0 Å². The maximum atomic E-state index is 9.58. The van der Waals surface area contributed by atoms with E-state index >= 15 is 0 Å². The van der Waals surface area contributed by atoms with E-state index in [2.05, 4.69) is 22.8 Å². The Balaban J connectivity index is 1.87. The van der Waals surface area contributed by atoms with Crippen molar-refractivity contribution in [2.75, 3.05) is 13.1 Å². The fraction of sp³-hybridized carbons (Fsp3) is 0.462. The second-order valence-corrected chi connectivity index (χ2v) is 8.69. The Morgan fingerprint density at radius 1 is 0.611 bits per heavy atom. The van der Waals surface area contributed by atoms with Crippen molar-refractivity contribution in [1.29, 1.82) is 31.6 Å². The van der Waals surface area contributed by atoms with Crippen molar-refractivity contribution in [2.24, 2.45) is 11.5 Å². The van der Waals surface area contributed by atoms with E-state index in [1.54, 1.807) is 0 Å². The lowest BCUT2D eigenvalue weighted by Gasteiger charge is -2.25. The van der Waals surface area contributed by atoms with Gasteiger partial charge in [0.15, 0.2) is 0 Å². The van der Waals surface area contributed by atoms with E-state index in [1.165, 1.54) is 0 Å². The second-order valence-electron chi connectivity index (χ2n) is 8.69. The highest BCUT2D eigenvalue weighted by Gasteiger charge is 2.26. The first-order chi connectivity index (χ1) is 17.4. The van der Waals surface area contributed by atoms with Gasteiger partial charge in [-0.3, -0.25) is 0 Å². The molecule has 2 unspecified atom stereocenters. The van der Waals surface area contributed by atoms with Crippen LogP contribution in [0.5, 0.6) is 0 Å². The number of hydrogen-bond donors (Lipinski definition) is 4. The molecule has 6 N–H and O–H groups in total. The van der Waals surface area contributed by atoms with Crippen molar-refractivity contribution in [2.45, 2.75) is 63.5 Å². The number of nitrogens with zero attached hydrogens (tertiary/aromatic N) is 6. The van der Waals surface area contributed by atoms with Crippen LogP contribution in [0.2, 0.25) is 0 Å². The minimum Gasteiger partial charge on any atom is -0.387 e. The first kappa shape index (κ1) is 27.7. The largest absolute Gasteiger partial charge is 0.387 e. The second kappa shape index (κ2) is 14.0. The van der Waals surface area contributed by atoms with Gasteiger partial charge in [0.2, 0.25) is 0 Å². The maximum Gasteiger partial charge on any atom is 0.134 e. The molecule has 0 spiro atoms. The van der Waals surface area contributed by atoms with Gasteiger partial charge in [0.25, 0.3) is 0 Å². The highest BCUT2D eigenvalue weighted by Crippen LogP contribution is 2.31. The van der Waals surface area contributed by atoms with Crippen molar-refractivity contribution in [3.05, 3.63) is 44.8 Å². The van der Waals surface area contributed by atoms with E-state index in [4.69, 9.17) is 11.5 Å². The fourth-order valence-corrected chi connectivity index (χ4v) is 4.41. The molecule has 0 aliphatic heterocycles. The summed E-state index contributed by atoms with van der Waals surface area (Å²) < 4.78 is 0. The average Bonchev–Trinajstić information content (AvgIpc) is 2.87. The van der Waals surface area contributed by atoms with Gasteiger partial charge in [0.05, 0.1) is 11.1 Å². The summed E-state index contributed by atoms with van der Waals surface area (Å²) in [5.41, 5.74) is 14.9. The van der Waals surface area contributed by atoms with Gasteiger partial charge in [-0.1, -0.05) is 12.8 Å². The Morgan fingerprint density at radius 3 is 1.28 bits per heavy atom. The van der Waals surface area contributed by atoms with E-state index in [0.717, 1.165) is 25.7 Å². The number of hydrogen-bond acceptors (Lipinski definition) is 10. The smallest absolute Gasteiger partial charge is 0.134 e. The molecular weight excluding hydrogens is 452 g/mol. The van der Waals surface area contributed by atoms with E-state index in [1.807, 2.05) is 24.3 Å². The highest BCUT2D eigenvalue weighted by atomic mass is 14.9. The van der Waals surface area contributed by atoms with Gasteiger partial charge < -0.3 is 22.1 Å². The minimum atomic E-state index is -0.254. The molecule has 10 heteroatoms. The Labute approximate surface area is 211 Å². The number of nitrogens with two attached hydrogens (primary N) is 2. The Bertz CT molecular complexity index is 1110. The van der Waals surface area contributed by atoms with E-state index < -0.39 is 0 Å². The van der Waals surface area contributed by atoms with E-state index in [9.17, 15) is 31.6 Å². The number of unbranched alkanes of at least 4 members (excludes halogenated alkanes) is 3. The molecule has 0 saturated heterocycles. The molecule has 182 valence electrons. The first-order valence-corrected chi connectivity index (χ1v) is 11.8. The van der Waals surface area contributed by atoms with Crippen LogP contribution < -0.4 is 22.1 Å². The summed E-state index contributed by atoms with van der Waals surface area (Å²) in [5, 5.41) is 62.4. The molecule has 0 bridgehead atoms. The molecule has 0 heterocycles. The molecule has 0 amide bonds. The lowest BCUT2D eigenvalue weighted by Crippen LogP contribution is -2.32. The van der Waals surface area contributed by atoms with Crippen molar-refractivity contribution in [1.82, 2.24) is 10.6 Å². The molecule has 2 rings (SSSR count). The van der Waals surface area contributed by atoms with Crippen LogP contribution in [0.4, 0.5) is 0 Å². The summed E-state index contributed by atoms with van der Waals surface area (Å²) in [4.78, 5) is 0. The van der Waals surface area contributed by atoms with E-state index in [0.29, 0.717) is 72.5 Å². The lowest BCUT2D eigenvalue weighted by molar-refractivity contribution is 0.552. The fourth-order valence-electron chi connectivity index (χ4n) is 4.41. The standard InChI is InChI=1S/C26H28N10/c27-11-17(12-28)21-7-19(33)9-25(23(21)15-31)35-5-3-1-2-4-6-36-26-10-20(34)8-22(24(26)16-32)18(13-29)14-30/h19-20,35-36H,1-10,33-34H2. The molecule has 36 heavy (non-hydrogen) atoms. The number of nitrogens with one attached hydrogen (secondary N) is 2. The molecule has 0 aromatic rings.